The molecule has 0 spiro atoms. The van der Waals surface area contributed by atoms with Crippen LogP contribution in [0.5, 0.6) is 0 Å². The topological polar surface area (TPSA) is 82.3 Å². The third-order valence-corrected chi connectivity index (χ3v) is 2.36. The molecule has 1 aromatic heterocycles. The van der Waals surface area contributed by atoms with Gasteiger partial charge in [0.2, 0.25) is 5.13 Å². The second-order valence-electron chi connectivity index (χ2n) is 2.81. The van der Waals surface area contributed by atoms with E-state index >= 15 is 0 Å². The van der Waals surface area contributed by atoms with E-state index in [2.05, 4.69) is 22.5 Å². The number of hydrogen-bond acceptors (Lipinski definition) is 7. The predicted octanol–water partition coefficient (Wildman–Crippen LogP) is 0.767. The van der Waals surface area contributed by atoms with Crippen molar-refractivity contribution in [2.75, 3.05) is 25.2 Å². The fraction of sp³-hybridized carbons (Fsp3) is 0.750. The molecule has 86 valence electrons. The van der Waals surface area contributed by atoms with Gasteiger partial charge in [-0.15, -0.1) is 10.2 Å². The molecule has 7 heteroatoms. The summed E-state index contributed by atoms with van der Waals surface area (Å²) in [5, 5.41) is 9.06. The van der Waals surface area contributed by atoms with Gasteiger partial charge in [-0.05, 0) is 6.42 Å². The molecule has 0 aromatic carbocycles. The summed E-state index contributed by atoms with van der Waals surface area (Å²) < 4.78 is 10.6. The van der Waals surface area contributed by atoms with Crippen LogP contribution in [0.4, 0.5) is 5.13 Å². The summed E-state index contributed by atoms with van der Waals surface area (Å²) in [4.78, 5) is 0. The molecule has 0 amide bonds. The molecular weight excluding hydrogens is 216 g/mol. The van der Waals surface area contributed by atoms with Crippen LogP contribution in [-0.4, -0.2) is 30.0 Å². The molecule has 0 bridgehead atoms. The first-order chi connectivity index (χ1) is 7.36. The fourth-order valence-corrected chi connectivity index (χ4v) is 1.48. The van der Waals surface area contributed by atoms with Crippen LogP contribution in [-0.2, 0) is 16.1 Å². The Bertz CT molecular complexity index is 269. The number of ether oxygens (including phenoxy) is 2. The summed E-state index contributed by atoms with van der Waals surface area (Å²) in [6.07, 6.45) is 1.03. The number of anilines is 1. The molecule has 1 heterocycles. The number of aromatic nitrogens is 2. The van der Waals surface area contributed by atoms with Crippen molar-refractivity contribution in [3.63, 3.8) is 0 Å². The van der Waals surface area contributed by atoms with Crippen LogP contribution in [0, 0.1) is 0 Å². The van der Waals surface area contributed by atoms with Gasteiger partial charge >= 0.3 is 0 Å². The lowest BCUT2D eigenvalue weighted by molar-refractivity contribution is 0.0406. The molecule has 0 aliphatic rings. The molecule has 0 fully saturated rings. The lowest BCUT2D eigenvalue weighted by Gasteiger charge is -2.02. The molecule has 0 saturated carbocycles. The van der Waals surface area contributed by atoms with Crippen LogP contribution in [0.2, 0.25) is 0 Å². The van der Waals surface area contributed by atoms with Crippen molar-refractivity contribution in [2.45, 2.75) is 20.0 Å². The maximum atomic E-state index is 5.34. The third kappa shape index (κ3) is 5.03. The normalized spacial score (nSPS) is 10.5. The van der Waals surface area contributed by atoms with E-state index in [9.17, 15) is 0 Å². The second kappa shape index (κ2) is 7.52. The van der Waals surface area contributed by atoms with E-state index in [1.807, 2.05) is 0 Å². The van der Waals surface area contributed by atoms with Crippen molar-refractivity contribution >= 4 is 16.5 Å². The molecule has 0 unspecified atom stereocenters. The van der Waals surface area contributed by atoms with Crippen molar-refractivity contribution in [3.05, 3.63) is 5.01 Å². The van der Waals surface area contributed by atoms with E-state index in [1.165, 1.54) is 11.3 Å². The third-order valence-electron chi connectivity index (χ3n) is 1.54. The van der Waals surface area contributed by atoms with Crippen molar-refractivity contribution in [1.82, 2.24) is 10.2 Å². The van der Waals surface area contributed by atoms with Gasteiger partial charge < -0.3 is 9.47 Å². The Morgan fingerprint density at radius 2 is 2.07 bits per heavy atom. The first-order valence-electron chi connectivity index (χ1n) is 4.81. The molecule has 0 atom stereocenters. The van der Waals surface area contributed by atoms with Crippen LogP contribution < -0.4 is 11.3 Å². The van der Waals surface area contributed by atoms with Gasteiger partial charge in [-0.2, -0.15) is 0 Å². The average Bonchev–Trinajstić information content (AvgIpc) is 2.71. The Hall–Kier alpha value is -0.760. The summed E-state index contributed by atoms with van der Waals surface area (Å²) in [6, 6.07) is 0. The number of hydrazine groups is 1. The number of rotatable bonds is 8. The highest BCUT2D eigenvalue weighted by Crippen LogP contribution is 2.13. The van der Waals surface area contributed by atoms with E-state index in [-0.39, 0.29) is 0 Å². The number of nitrogens with two attached hydrogens (primary N) is 1. The van der Waals surface area contributed by atoms with E-state index < -0.39 is 0 Å². The largest absolute Gasteiger partial charge is 0.379 e. The number of nitrogens with one attached hydrogen (secondary N) is 1. The minimum atomic E-state index is 0.453. The summed E-state index contributed by atoms with van der Waals surface area (Å²) in [6.45, 7) is 4.50. The zero-order valence-corrected chi connectivity index (χ0v) is 9.55. The Kier molecular flexibility index (Phi) is 6.17. The number of nitrogen functional groups attached to an aromatic ring is 1. The van der Waals surface area contributed by atoms with Crippen LogP contribution in [0.25, 0.3) is 0 Å². The Morgan fingerprint density at radius 3 is 2.73 bits per heavy atom. The number of hydrogen-bond donors (Lipinski definition) is 2. The minimum Gasteiger partial charge on any atom is -0.379 e. The van der Waals surface area contributed by atoms with E-state index in [1.54, 1.807) is 0 Å². The van der Waals surface area contributed by atoms with Crippen molar-refractivity contribution < 1.29 is 9.47 Å². The van der Waals surface area contributed by atoms with Crippen LogP contribution in [0.15, 0.2) is 0 Å². The lowest BCUT2D eigenvalue weighted by Crippen LogP contribution is -2.05. The summed E-state index contributed by atoms with van der Waals surface area (Å²) in [5.74, 6) is 5.17. The Morgan fingerprint density at radius 1 is 1.27 bits per heavy atom. The quantitative estimate of drug-likeness (QED) is 0.391. The standard InChI is InChI=1S/C8H16N4O2S/c1-2-3-13-4-5-14-6-7-11-12-8(10-9)15-7/h2-6,9H2,1H3,(H,10,12). The van der Waals surface area contributed by atoms with Crippen molar-refractivity contribution in [2.24, 2.45) is 5.84 Å². The highest BCUT2D eigenvalue weighted by Gasteiger charge is 2.01. The smallest absolute Gasteiger partial charge is 0.219 e. The first kappa shape index (κ1) is 12.3. The fourth-order valence-electron chi connectivity index (χ4n) is 0.894. The maximum Gasteiger partial charge on any atom is 0.219 e. The monoisotopic (exact) mass is 232 g/mol. The van der Waals surface area contributed by atoms with Gasteiger partial charge in [-0.1, -0.05) is 18.3 Å². The van der Waals surface area contributed by atoms with Crippen molar-refractivity contribution in [3.8, 4) is 0 Å². The zero-order valence-electron chi connectivity index (χ0n) is 8.73. The molecule has 15 heavy (non-hydrogen) atoms. The van der Waals surface area contributed by atoms with Crippen LogP contribution >= 0.6 is 11.3 Å². The molecule has 6 nitrogen and oxygen atoms in total. The van der Waals surface area contributed by atoms with Gasteiger partial charge in [0.25, 0.3) is 0 Å². The molecule has 0 aliphatic carbocycles. The highest BCUT2D eigenvalue weighted by molar-refractivity contribution is 7.15. The van der Waals surface area contributed by atoms with Gasteiger partial charge in [0, 0.05) is 6.61 Å². The maximum absolute atomic E-state index is 5.34. The van der Waals surface area contributed by atoms with Gasteiger partial charge in [0.1, 0.15) is 11.6 Å². The van der Waals surface area contributed by atoms with Gasteiger partial charge in [0.15, 0.2) is 0 Å². The van der Waals surface area contributed by atoms with Crippen molar-refractivity contribution in [1.29, 1.82) is 0 Å². The number of nitrogens with zero attached hydrogens (tertiary/aromatic N) is 2. The van der Waals surface area contributed by atoms with E-state index in [0.717, 1.165) is 18.0 Å². The lowest BCUT2D eigenvalue weighted by atomic mass is 10.5. The molecular formula is C8H16N4O2S. The predicted molar refractivity (Wildman–Crippen MR) is 58.5 cm³/mol. The zero-order chi connectivity index (χ0) is 10.9. The SMILES string of the molecule is CCCOCCOCc1nnc(NN)s1. The molecule has 0 saturated heterocycles. The Labute approximate surface area is 92.8 Å². The van der Waals surface area contributed by atoms with Crippen LogP contribution in [0.3, 0.4) is 0 Å². The van der Waals surface area contributed by atoms with Gasteiger partial charge in [-0.3, -0.25) is 5.43 Å². The molecule has 3 N–H and O–H groups in total. The molecule has 1 rings (SSSR count). The highest BCUT2D eigenvalue weighted by atomic mass is 32.1. The second-order valence-corrected chi connectivity index (χ2v) is 3.87. The van der Waals surface area contributed by atoms with Gasteiger partial charge in [-0.25, -0.2) is 5.84 Å². The molecule has 1 aromatic rings. The van der Waals surface area contributed by atoms with Crippen LogP contribution in [0.1, 0.15) is 18.4 Å². The molecule has 0 radical (unpaired) electrons. The Balaban J connectivity index is 2.04. The average molecular weight is 232 g/mol. The first-order valence-corrected chi connectivity index (χ1v) is 5.63. The van der Waals surface area contributed by atoms with Gasteiger partial charge in [0.05, 0.1) is 13.2 Å². The summed E-state index contributed by atoms with van der Waals surface area (Å²) >= 11 is 1.38. The minimum absolute atomic E-state index is 0.453. The summed E-state index contributed by atoms with van der Waals surface area (Å²) in [7, 11) is 0. The molecule has 0 aliphatic heterocycles. The van der Waals surface area contributed by atoms with E-state index in [4.69, 9.17) is 15.3 Å². The van der Waals surface area contributed by atoms with E-state index in [0.29, 0.717) is 25.0 Å². The summed E-state index contributed by atoms with van der Waals surface area (Å²) in [5.41, 5.74) is 2.43.